The van der Waals surface area contributed by atoms with Gasteiger partial charge in [0, 0.05) is 6.04 Å². The highest BCUT2D eigenvalue weighted by molar-refractivity contribution is 5.30. The molecule has 1 nitrogen and oxygen atoms in total. The van der Waals surface area contributed by atoms with Gasteiger partial charge in [0.05, 0.1) is 0 Å². The maximum atomic E-state index is 13.7. The van der Waals surface area contributed by atoms with Crippen LogP contribution in [0.5, 0.6) is 0 Å². The molecule has 0 aliphatic carbocycles. The minimum Gasteiger partial charge on any atom is -0.324 e. The molecule has 0 bridgehead atoms. The Kier molecular flexibility index (Phi) is 2.95. The van der Waals surface area contributed by atoms with E-state index in [1.807, 2.05) is 39.8 Å². The largest absolute Gasteiger partial charge is 0.324 e. The SMILES string of the molecule is CC(N)c1ccc(C(C)(C)C)c(F)c1. The molecule has 1 rings (SSSR count). The third-order valence-corrected chi connectivity index (χ3v) is 2.33. The van der Waals surface area contributed by atoms with Crippen molar-refractivity contribution in [2.45, 2.75) is 39.2 Å². The molecule has 1 atom stereocenters. The standard InChI is InChI=1S/C12H18FN/c1-8(14)9-5-6-10(11(13)7-9)12(2,3)4/h5-8H,14H2,1-4H3. The van der Waals surface area contributed by atoms with E-state index in [-0.39, 0.29) is 17.3 Å². The molecule has 0 spiro atoms. The number of hydrogen-bond donors (Lipinski definition) is 1. The van der Waals surface area contributed by atoms with Crippen molar-refractivity contribution in [3.05, 3.63) is 35.1 Å². The van der Waals surface area contributed by atoms with Gasteiger partial charge in [-0.15, -0.1) is 0 Å². The van der Waals surface area contributed by atoms with Gasteiger partial charge < -0.3 is 5.73 Å². The van der Waals surface area contributed by atoms with Crippen molar-refractivity contribution < 1.29 is 4.39 Å². The molecule has 0 aliphatic heterocycles. The van der Waals surface area contributed by atoms with Crippen LogP contribution >= 0.6 is 0 Å². The van der Waals surface area contributed by atoms with Gasteiger partial charge in [0.15, 0.2) is 0 Å². The Morgan fingerprint density at radius 1 is 1.29 bits per heavy atom. The van der Waals surface area contributed by atoms with E-state index in [4.69, 9.17) is 5.73 Å². The van der Waals surface area contributed by atoms with E-state index in [2.05, 4.69) is 0 Å². The molecule has 1 aromatic rings. The Morgan fingerprint density at radius 2 is 1.86 bits per heavy atom. The van der Waals surface area contributed by atoms with E-state index in [9.17, 15) is 4.39 Å². The summed E-state index contributed by atoms with van der Waals surface area (Å²) in [6, 6.07) is 5.15. The summed E-state index contributed by atoms with van der Waals surface area (Å²) in [5, 5.41) is 0. The predicted octanol–water partition coefficient (Wildman–Crippen LogP) is 3.14. The van der Waals surface area contributed by atoms with Crippen molar-refractivity contribution in [2.75, 3.05) is 0 Å². The molecule has 14 heavy (non-hydrogen) atoms. The zero-order valence-electron chi connectivity index (χ0n) is 9.26. The van der Waals surface area contributed by atoms with Crippen LogP contribution in [0.4, 0.5) is 4.39 Å². The molecule has 0 saturated heterocycles. The summed E-state index contributed by atoms with van der Waals surface area (Å²) in [7, 11) is 0. The van der Waals surface area contributed by atoms with Crippen LogP contribution in [0.2, 0.25) is 0 Å². The first-order valence-corrected chi connectivity index (χ1v) is 4.88. The Morgan fingerprint density at radius 3 is 2.21 bits per heavy atom. The molecular formula is C12H18FN. The third kappa shape index (κ3) is 2.32. The Balaban J connectivity index is 3.15. The van der Waals surface area contributed by atoms with E-state index in [1.165, 1.54) is 6.07 Å². The molecule has 1 aromatic carbocycles. The number of nitrogens with two attached hydrogens (primary N) is 1. The zero-order valence-corrected chi connectivity index (χ0v) is 9.26. The van der Waals surface area contributed by atoms with Crippen LogP contribution in [0, 0.1) is 5.82 Å². The fraction of sp³-hybridized carbons (Fsp3) is 0.500. The topological polar surface area (TPSA) is 26.0 Å². The Bertz CT molecular complexity index is 324. The monoisotopic (exact) mass is 195 g/mol. The van der Waals surface area contributed by atoms with Crippen LogP contribution in [-0.2, 0) is 5.41 Å². The minimum absolute atomic E-state index is 0.112. The fourth-order valence-corrected chi connectivity index (χ4v) is 1.42. The first kappa shape index (κ1) is 11.2. The molecule has 78 valence electrons. The van der Waals surface area contributed by atoms with Crippen molar-refractivity contribution in [3.63, 3.8) is 0 Å². The van der Waals surface area contributed by atoms with Gasteiger partial charge in [-0.1, -0.05) is 32.9 Å². The molecule has 0 saturated carbocycles. The summed E-state index contributed by atoms with van der Waals surface area (Å²) in [4.78, 5) is 0. The molecule has 0 heterocycles. The quantitative estimate of drug-likeness (QED) is 0.732. The second kappa shape index (κ2) is 3.70. The van der Waals surface area contributed by atoms with Gasteiger partial charge in [-0.05, 0) is 29.5 Å². The normalized spacial score (nSPS) is 14.1. The maximum Gasteiger partial charge on any atom is 0.127 e. The third-order valence-electron chi connectivity index (χ3n) is 2.33. The molecule has 2 heteroatoms. The van der Waals surface area contributed by atoms with Gasteiger partial charge >= 0.3 is 0 Å². The molecule has 2 N–H and O–H groups in total. The molecular weight excluding hydrogens is 177 g/mol. The molecule has 0 radical (unpaired) electrons. The highest BCUT2D eigenvalue weighted by Gasteiger charge is 2.18. The summed E-state index contributed by atoms with van der Waals surface area (Å²) in [6.45, 7) is 7.84. The molecule has 0 amide bonds. The van der Waals surface area contributed by atoms with Crippen LogP contribution in [0.3, 0.4) is 0 Å². The smallest absolute Gasteiger partial charge is 0.127 e. The highest BCUT2D eigenvalue weighted by atomic mass is 19.1. The first-order valence-electron chi connectivity index (χ1n) is 4.88. The second-order valence-corrected chi connectivity index (χ2v) is 4.78. The number of halogens is 1. The predicted molar refractivity (Wildman–Crippen MR) is 57.7 cm³/mol. The van der Waals surface area contributed by atoms with Gasteiger partial charge in [0.1, 0.15) is 5.82 Å². The number of hydrogen-bond acceptors (Lipinski definition) is 1. The Labute approximate surface area is 85.1 Å². The average Bonchev–Trinajstić information content (AvgIpc) is 2.01. The molecule has 0 fully saturated rings. The molecule has 0 aromatic heterocycles. The van der Waals surface area contributed by atoms with Gasteiger partial charge in [0.25, 0.3) is 0 Å². The summed E-state index contributed by atoms with van der Waals surface area (Å²) >= 11 is 0. The van der Waals surface area contributed by atoms with Crippen molar-refractivity contribution in [1.29, 1.82) is 0 Å². The van der Waals surface area contributed by atoms with Crippen LogP contribution in [0.25, 0.3) is 0 Å². The lowest BCUT2D eigenvalue weighted by Crippen LogP contribution is -2.14. The van der Waals surface area contributed by atoms with Crippen LogP contribution < -0.4 is 5.73 Å². The lowest BCUT2D eigenvalue weighted by atomic mass is 9.86. The van der Waals surface area contributed by atoms with Crippen molar-refractivity contribution >= 4 is 0 Å². The van der Waals surface area contributed by atoms with Crippen LogP contribution in [-0.4, -0.2) is 0 Å². The summed E-state index contributed by atoms with van der Waals surface area (Å²) in [5.74, 6) is -0.160. The minimum atomic E-state index is -0.160. The maximum absolute atomic E-state index is 13.7. The Hall–Kier alpha value is -0.890. The molecule has 0 aliphatic rings. The summed E-state index contributed by atoms with van der Waals surface area (Å²) in [6.07, 6.45) is 0. The zero-order chi connectivity index (χ0) is 10.9. The lowest BCUT2D eigenvalue weighted by molar-refractivity contribution is 0.520. The van der Waals surface area contributed by atoms with Crippen molar-refractivity contribution in [1.82, 2.24) is 0 Å². The number of rotatable bonds is 1. The second-order valence-electron chi connectivity index (χ2n) is 4.78. The first-order chi connectivity index (χ1) is 6.32. The summed E-state index contributed by atoms with van der Waals surface area (Å²) in [5.41, 5.74) is 7.10. The average molecular weight is 195 g/mol. The van der Waals surface area contributed by atoms with E-state index in [0.717, 1.165) is 11.1 Å². The van der Waals surface area contributed by atoms with Crippen molar-refractivity contribution in [3.8, 4) is 0 Å². The van der Waals surface area contributed by atoms with E-state index >= 15 is 0 Å². The van der Waals surface area contributed by atoms with Gasteiger partial charge in [-0.2, -0.15) is 0 Å². The molecule has 1 unspecified atom stereocenters. The highest BCUT2D eigenvalue weighted by Crippen LogP contribution is 2.26. The number of benzene rings is 1. The van der Waals surface area contributed by atoms with Gasteiger partial charge in [-0.25, -0.2) is 4.39 Å². The fourth-order valence-electron chi connectivity index (χ4n) is 1.42. The van der Waals surface area contributed by atoms with E-state index < -0.39 is 0 Å². The van der Waals surface area contributed by atoms with Gasteiger partial charge in [-0.3, -0.25) is 0 Å². The van der Waals surface area contributed by atoms with Crippen LogP contribution in [0.1, 0.15) is 44.9 Å². The van der Waals surface area contributed by atoms with Crippen LogP contribution in [0.15, 0.2) is 18.2 Å². The summed E-state index contributed by atoms with van der Waals surface area (Å²) < 4.78 is 13.7. The lowest BCUT2D eigenvalue weighted by Gasteiger charge is -2.20. The van der Waals surface area contributed by atoms with E-state index in [1.54, 1.807) is 0 Å². The van der Waals surface area contributed by atoms with E-state index in [0.29, 0.717) is 0 Å². The van der Waals surface area contributed by atoms with Crippen molar-refractivity contribution in [2.24, 2.45) is 5.73 Å². The van der Waals surface area contributed by atoms with Gasteiger partial charge in [0.2, 0.25) is 0 Å².